The molecule has 94 valence electrons. The third-order valence-electron chi connectivity index (χ3n) is 2.57. The van der Waals surface area contributed by atoms with E-state index in [2.05, 4.69) is 9.71 Å². The van der Waals surface area contributed by atoms with Gasteiger partial charge in [-0.2, -0.15) is 4.39 Å². The van der Waals surface area contributed by atoms with Gasteiger partial charge in [-0.15, -0.1) is 0 Å². The predicted molar refractivity (Wildman–Crippen MR) is 60.6 cm³/mol. The highest BCUT2D eigenvalue weighted by molar-refractivity contribution is 7.93. The fourth-order valence-corrected chi connectivity index (χ4v) is 3.07. The minimum absolute atomic E-state index is 0.0106. The Morgan fingerprint density at radius 3 is 2.71 bits per heavy atom. The van der Waals surface area contributed by atoms with Crippen LogP contribution in [0.3, 0.4) is 0 Å². The molecule has 0 amide bonds. The second kappa shape index (κ2) is 4.97. The van der Waals surface area contributed by atoms with Crippen LogP contribution in [0.1, 0.15) is 12.8 Å². The van der Waals surface area contributed by atoms with Gasteiger partial charge in [-0.25, -0.2) is 13.4 Å². The SMILES string of the molecule is O=S(=O)(Nc1cccc(F)n1)C1CCOCC1. The molecule has 0 atom stereocenters. The molecule has 1 fully saturated rings. The summed E-state index contributed by atoms with van der Waals surface area (Å²) in [4.78, 5) is 3.47. The molecule has 1 aromatic heterocycles. The molecule has 0 bridgehead atoms. The summed E-state index contributed by atoms with van der Waals surface area (Å²) < 4.78 is 44.1. The van der Waals surface area contributed by atoms with Crippen LogP contribution in [0.25, 0.3) is 0 Å². The van der Waals surface area contributed by atoms with Crippen LogP contribution >= 0.6 is 0 Å². The van der Waals surface area contributed by atoms with Gasteiger partial charge in [-0.05, 0) is 25.0 Å². The van der Waals surface area contributed by atoms with E-state index in [4.69, 9.17) is 4.74 Å². The molecule has 0 aliphatic carbocycles. The van der Waals surface area contributed by atoms with Crippen molar-refractivity contribution in [3.63, 3.8) is 0 Å². The van der Waals surface area contributed by atoms with E-state index in [0.29, 0.717) is 26.1 Å². The molecule has 0 radical (unpaired) electrons. The van der Waals surface area contributed by atoms with Crippen LogP contribution in [-0.4, -0.2) is 31.9 Å². The maximum Gasteiger partial charge on any atom is 0.236 e. The normalized spacial score (nSPS) is 17.9. The lowest BCUT2D eigenvalue weighted by Gasteiger charge is -2.22. The Morgan fingerprint density at radius 2 is 2.06 bits per heavy atom. The fraction of sp³-hybridized carbons (Fsp3) is 0.500. The number of sulfonamides is 1. The number of rotatable bonds is 3. The standard InChI is InChI=1S/C10H13FN2O3S/c11-9-2-1-3-10(12-9)13-17(14,15)8-4-6-16-7-5-8/h1-3,8H,4-7H2,(H,12,13). The van der Waals surface area contributed by atoms with Crippen molar-refractivity contribution in [3.05, 3.63) is 24.1 Å². The lowest BCUT2D eigenvalue weighted by atomic mass is 10.2. The second-order valence-corrected chi connectivity index (χ2v) is 5.77. The topological polar surface area (TPSA) is 68.3 Å². The molecule has 7 heteroatoms. The molecule has 2 rings (SSSR count). The molecule has 1 saturated heterocycles. The van der Waals surface area contributed by atoms with Crippen LogP contribution in [0.15, 0.2) is 18.2 Å². The molecule has 0 aromatic carbocycles. The molecule has 1 aliphatic heterocycles. The van der Waals surface area contributed by atoms with Gasteiger partial charge >= 0.3 is 0 Å². The summed E-state index contributed by atoms with van der Waals surface area (Å²) >= 11 is 0. The Bertz CT molecular complexity index is 486. The number of hydrogen-bond donors (Lipinski definition) is 1. The first-order chi connectivity index (χ1) is 8.08. The third-order valence-corrected chi connectivity index (χ3v) is 4.41. The van der Waals surface area contributed by atoms with E-state index in [-0.39, 0.29) is 5.82 Å². The van der Waals surface area contributed by atoms with Crippen molar-refractivity contribution in [3.8, 4) is 0 Å². The van der Waals surface area contributed by atoms with E-state index < -0.39 is 21.2 Å². The molecular weight excluding hydrogens is 247 g/mol. The Kier molecular flexibility index (Phi) is 3.58. The van der Waals surface area contributed by atoms with Crippen LogP contribution in [0.5, 0.6) is 0 Å². The molecule has 1 N–H and O–H groups in total. The predicted octanol–water partition coefficient (Wildman–Crippen LogP) is 1.14. The average Bonchev–Trinajstić information content (AvgIpc) is 2.29. The van der Waals surface area contributed by atoms with Gasteiger partial charge in [0, 0.05) is 13.2 Å². The van der Waals surface area contributed by atoms with Crippen molar-refractivity contribution >= 4 is 15.8 Å². The minimum Gasteiger partial charge on any atom is -0.381 e. The van der Waals surface area contributed by atoms with Crippen molar-refractivity contribution in [1.29, 1.82) is 0 Å². The van der Waals surface area contributed by atoms with E-state index in [1.807, 2.05) is 0 Å². The highest BCUT2D eigenvalue weighted by Crippen LogP contribution is 2.18. The number of anilines is 1. The van der Waals surface area contributed by atoms with Crippen molar-refractivity contribution in [2.45, 2.75) is 18.1 Å². The van der Waals surface area contributed by atoms with Gasteiger partial charge in [0.05, 0.1) is 5.25 Å². The lowest BCUT2D eigenvalue weighted by Crippen LogP contribution is -2.33. The van der Waals surface area contributed by atoms with Gasteiger partial charge in [0.2, 0.25) is 16.0 Å². The van der Waals surface area contributed by atoms with E-state index >= 15 is 0 Å². The fourth-order valence-electron chi connectivity index (χ4n) is 1.68. The first-order valence-electron chi connectivity index (χ1n) is 5.30. The molecule has 0 spiro atoms. The highest BCUT2D eigenvalue weighted by atomic mass is 32.2. The molecule has 5 nitrogen and oxygen atoms in total. The first kappa shape index (κ1) is 12.3. The van der Waals surface area contributed by atoms with Gasteiger partial charge in [0.25, 0.3) is 0 Å². The number of nitrogens with zero attached hydrogens (tertiary/aromatic N) is 1. The molecule has 1 aromatic rings. The van der Waals surface area contributed by atoms with Crippen LogP contribution < -0.4 is 4.72 Å². The molecule has 0 unspecified atom stereocenters. The summed E-state index contributed by atoms with van der Waals surface area (Å²) in [6, 6.07) is 3.98. The minimum atomic E-state index is -3.51. The summed E-state index contributed by atoms with van der Waals surface area (Å²) in [6.07, 6.45) is 0.898. The number of hydrogen-bond acceptors (Lipinski definition) is 4. The smallest absolute Gasteiger partial charge is 0.236 e. The summed E-state index contributed by atoms with van der Waals surface area (Å²) in [5.74, 6) is -0.700. The van der Waals surface area contributed by atoms with Crippen molar-refractivity contribution in [1.82, 2.24) is 4.98 Å². The van der Waals surface area contributed by atoms with Crippen molar-refractivity contribution < 1.29 is 17.5 Å². The van der Waals surface area contributed by atoms with Crippen LogP contribution in [-0.2, 0) is 14.8 Å². The Balaban J connectivity index is 2.11. The number of nitrogens with one attached hydrogen (secondary N) is 1. The van der Waals surface area contributed by atoms with Crippen molar-refractivity contribution in [2.24, 2.45) is 0 Å². The number of halogens is 1. The monoisotopic (exact) mass is 260 g/mol. The summed E-state index contributed by atoms with van der Waals surface area (Å²) in [6.45, 7) is 0.865. The average molecular weight is 260 g/mol. The largest absolute Gasteiger partial charge is 0.381 e. The molecule has 0 saturated carbocycles. The van der Waals surface area contributed by atoms with Gasteiger partial charge in [0.1, 0.15) is 5.82 Å². The second-order valence-electron chi connectivity index (χ2n) is 3.80. The number of ether oxygens (including phenoxy) is 1. The number of aromatic nitrogens is 1. The van der Waals surface area contributed by atoms with Gasteiger partial charge < -0.3 is 4.74 Å². The molecule has 17 heavy (non-hydrogen) atoms. The van der Waals surface area contributed by atoms with E-state index in [1.165, 1.54) is 12.1 Å². The Labute approximate surface area is 99.1 Å². The molecule has 1 aliphatic rings. The van der Waals surface area contributed by atoms with E-state index in [1.54, 1.807) is 0 Å². The van der Waals surface area contributed by atoms with E-state index in [0.717, 1.165) is 6.07 Å². The summed E-state index contributed by atoms with van der Waals surface area (Å²) in [5.41, 5.74) is 0. The zero-order chi connectivity index (χ0) is 12.3. The maximum atomic E-state index is 12.8. The van der Waals surface area contributed by atoms with Gasteiger partial charge in [-0.3, -0.25) is 4.72 Å². The lowest BCUT2D eigenvalue weighted by molar-refractivity contribution is 0.0984. The highest BCUT2D eigenvalue weighted by Gasteiger charge is 2.27. The zero-order valence-electron chi connectivity index (χ0n) is 9.10. The molecule has 2 heterocycles. The molecular formula is C10H13FN2O3S. The van der Waals surface area contributed by atoms with Gasteiger partial charge in [0.15, 0.2) is 0 Å². The first-order valence-corrected chi connectivity index (χ1v) is 6.84. The number of pyridine rings is 1. The summed E-state index contributed by atoms with van der Waals surface area (Å²) in [5, 5.41) is -0.499. The quantitative estimate of drug-likeness (QED) is 0.827. The van der Waals surface area contributed by atoms with E-state index in [9.17, 15) is 12.8 Å². The van der Waals surface area contributed by atoms with Crippen molar-refractivity contribution in [2.75, 3.05) is 17.9 Å². The maximum absolute atomic E-state index is 12.8. The van der Waals surface area contributed by atoms with Crippen LogP contribution in [0, 0.1) is 5.95 Å². The van der Waals surface area contributed by atoms with Gasteiger partial charge in [-0.1, -0.05) is 6.07 Å². The Hall–Kier alpha value is -1.21. The zero-order valence-corrected chi connectivity index (χ0v) is 9.91. The summed E-state index contributed by atoms with van der Waals surface area (Å²) in [7, 11) is -3.51. The Morgan fingerprint density at radius 1 is 1.35 bits per heavy atom. The third kappa shape index (κ3) is 3.13. The van der Waals surface area contributed by atoms with Crippen LogP contribution in [0.4, 0.5) is 10.2 Å². The van der Waals surface area contributed by atoms with Crippen LogP contribution in [0.2, 0.25) is 0 Å².